The van der Waals surface area contributed by atoms with E-state index in [4.69, 9.17) is 10.5 Å². The van der Waals surface area contributed by atoms with E-state index in [0.29, 0.717) is 13.2 Å². The van der Waals surface area contributed by atoms with Crippen molar-refractivity contribution in [3.8, 4) is 0 Å². The third kappa shape index (κ3) is 4.43. The van der Waals surface area contributed by atoms with Crippen LogP contribution in [0.5, 0.6) is 0 Å². The van der Waals surface area contributed by atoms with Crippen LogP contribution in [0.15, 0.2) is 0 Å². The predicted molar refractivity (Wildman–Crippen MR) is 81.5 cm³/mol. The van der Waals surface area contributed by atoms with Gasteiger partial charge >= 0.3 is 0 Å². The number of hydrogen-bond acceptors (Lipinski definition) is 4. The molecule has 118 valence electrons. The van der Waals surface area contributed by atoms with E-state index in [-0.39, 0.29) is 18.0 Å². The maximum absolute atomic E-state index is 12.3. The van der Waals surface area contributed by atoms with Crippen LogP contribution < -0.4 is 11.1 Å². The zero-order valence-electron chi connectivity index (χ0n) is 13.4. The number of nitrogens with zero attached hydrogens (tertiary/aromatic N) is 1. The summed E-state index contributed by atoms with van der Waals surface area (Å²) >= 11 is 0. The standard InChI is InChI=1S/C15H31N3O2/c1-5-18(6-2)9-7-8-12(3)17-14(19)15(4)11-20-10-13(15)16/h12-13H,5-11,16H2,1-4H3,(H,17,19). The molecule has 0 aromatic carbocycles. The van der Waals surface area contributed by atoms with Crippen molar-refractivity contribution in [2.45, 2.75) is 52.6 Å². The Morgan fingerprint density at radius 1 is 1.50 bits per heavy atom. The number of nitrogens with two attached hydrogens (primary N) is 1. The van der Waals surface area contributed by atoms with Gasteiger partial charge in [0.15, 0.2) is 0 Å². The molecule has 0 aliphatic carbocycles. The van der Waals surface area contributed by atoms with Gasteiger partial charge in [0.1, 0.15) is 0 Å². The van der Waals surface area contributed by atoms with Gasteiger partial charge in [-0.05, 0) is 46.3 Å². The molecule has 0 radical (unpaired) electrons. The first kappa shape index (κ1) is 17.4. The summed E-state index contributed by atoms with van der Waals surface area (Å²) in [6.45, 7) is 12.5. The van der Waals surface area contributed by atoms with Gasteiger partial charge in [0.25, 0.3) is 0 Å². The number of rotatable bonds is 8. The summed E-state index contributed by atoms with van der Waals surface area (Å²) in [5.41, 5.74) is 5.40. The molecule has 0 spiro atoms. The van der Waals surface area contributed by atoms with E-state index in [1.54, 1.807) is 0 Å². The molecule has 1 aliphatic heterocycles. The fourth-order valence-electron chi connectivity index (χ4n) is 2.54. The molecule has 3 N–H and O–H groups in total. The van der Waals surface area contributed by atoms with Crippen molar-refractivity contribution < 1.29 is 9.53 Å². The van der Waals surface area contributed by atoms with E-state index in [1.807, 2.05) is 6.92 Å². The number of ether oxygens (including phenoxy) is 1. The Kier molecular flexibility index (Phi) is 6.92. The van der Waals surface area contributed by atoms with Crippen molar-refractivity contribution in [1.82, 2.24) is 10.2 Å². The lowest BCUT2D eigenvalue weighted by molar-refractivity contribution is -0.131. The van der Waals surface area contributed by atoms with Gasteiger partial charge in [0.05, 0.1) is 18.6 Å². The zero-order valence-corrected chi connectivity index (χ0v) is 13.4. The van der Waals surface area contributed by atoms with Crippen LogP contribution in [0.1, 0.15) is 40.5 Å². The molecule has 5 nitrogen and oxygen atoms in total. The molecule has 5 heteroatoms. The van der Waals surface area contributed by atoms with Gasteiger partial charge in [0, 0.05) is 12.1 Å². The molecule has 20 heavy (non-hydrogen) atoms. The van der Waals surface area contributed by atoms with E-state index >= 15 is 0 Å². The Morgan fingerprint density at radius 2 is 2.15 bits per heavy atom. The highest BCUT2D eigenvalue weighted by Crippen LogP contribution is 2.27. The Bertz CT molecular complexity index is 307. The fraction of sp³-hybridized carbons (Fsp3) is 0.933. The highest BCUT2D eigenvalue weighted by molar-refractivity contribution is 5.83. The molecular weight excluding hydrogens is 254 g/mol. The monoisotopic (exact) mass is 285 g/mol. The maximum atomic E-state index is 12.3. The fourth-order valence-corrected chi connectivity index (χ4v) is 2.54. The molecule has 1 rings (SSSR count). The Balaban J connectivity index is 2.31. The lowest BCUT2D eigenvalue weighted by Crippen LogP contribution is -2.51. The first-order valence-corrected chi connectivity index (χ1v) is 7.80. The van der Waals surface area contributed by atoms with Gasteiger partial charge in [-0.2, -0.15) is 0 Å². The van der Waals surface area contributed by atoms with Crippen LogP contribution in [0.25, 0.3) is 0 Å². The smallest absolute Gasteiger partial charge is 0.230 e. The molecule has 1 heterocycles. The third-order valence-corrected chi connectivity index (χ3v) is 4.42. The summed E-state index contributed by atoms with van der Waals surface area (Å²) in [5.74, 6) is 0.0258. The quantitative estimate of drug-likeness (QED) is 0.697. The molecular formula is C15H31N3O2. The molecule has 1 aliphatic rings. The number of carbonyl (C=O) groups excluding carboxylic acids is 1. The van der Waals surface area contributed by atoms with Crippen molar-refractivity contribution in [3.63, 3.8) is 0 Å². The molecule has 0 aromatic heterocycles. The number of carbonyl (C=O) groups is 1. The van der Waals surface area contributed by atoms with E-state index in [9.17, 15) is 4.79 Å². The predicted octanol–water partition coefficient (Wildman–Crippen LogP) is 0.977. The topological polar surface area (TPSA) is 67.6 Å². The van der Waals surface area contributed by atoms with E-state index in [0.717, 1.165) is 32.5 Å². The van der Waals surface area contributed by atoms with Crippen LogP contribution in [0, 0.1) is 5.41 Å². The van der Waals surface area contributed by atoms with Crippen molar-refractivity contribution >= 4 is 5.91 Å². The molecule has 3 unspecified atom stereocenters. The van der Waals surface area contributed by atoms with Crippen molar-refractivity contribution in [2.75, 3.05) is 32.8 Å². The van der Waals surface area contributed by atoms with Gasteiger partial charge in [-0.3, -0.25) is 4.79 Å². The maximum Gasteiger partial charge on any atom is 0.230 e. The second-order valence-corrected chi connectivity index (χ2v) is 6.08. The van der Waals surface area contributed by atoms with Crippen LogP contribution in [-0.2, 0) is 9.53 Å². The summed E-state index contributed by atoms with van der Waals surface area (Å²) in [6.07, 6.45) is 2.09. The summed E-state index contributed by atoms with van der Waals surface area (Å²) < 4.78 is 5.32. The SMILES string of the molecule is CCN(CC)CCCC(C)NC(=O)C1(C)COCC1N. The molecule has 0 bridgehead atoms. The van der Waals surface area contributed by atoms with Crippen LogP contribution >= 0.6 is 0 Å². The van der Waals surface area contributed by atoms with Gasteiger partial charge in [-0.25, -0.2) is 0 Å². The average Bonchev–Trinajstić information content (AvgIpc) is 2.76. The highest BCUT2D eigenvalue weighted by Gasteiger charge is 2.44. The molecule has 1 fully saturated rings. The van der Waals surface area contributed by atoms with Crippen molar-refractivity contribution in [3.05, 3.63) is 0 Å². The normalized spacial score (nSPS) is 27.8. The molecule has 1 saturated heterocycles. The summed E-state index contributed by atoms with van der Waals surface area (Å²) in [6, 6.07) is -0.0203. The van der Waals surface area contributed by atoms with Gasteiger partial charge in [-0.1, -0.05) is 13.8 Å². The third-order valence-electron chi connectivity index (χ3n) is 4.42. The van der Waals surface area contributed by atoms with Crippen LogP contribution in [0.4, 0.5) is 0 Å². The minimum Gasteiger partial charge on any atom is -0.379 e. The number of hydrogen-bond donors (Lipinski definition) is 2. The second kappa shape index (κ2) is 7.96. The highest BCUT2D eigenvalue weighted by atomic mass is 16.5. The first-order valence-electron chi connectivity index (χ1n) is 7.80. The van der Waals surface area contributed by atoms with Crippen LogP contribution in [0.2, 0.25) is 0 Å². The zero-order chi connectivity index (χ0) is 15.2. The van der Waals surface area contributed by atoms with Crippen LogP contribution in [0.3, 0.4) is 0 Å². The van der Waals surface area contributed by atoms with Gasteiger partial charge < -0.3 is 20.7 Å². The molecule has 0 saturated carbocycles. The Labute approximate surface area is 123 Å². The Morgan fingerprint density at radius 3 is 2.65 bits per heavy atom. The number of nitrogens with one attached hydrogen (secondary N) is 1. The summed E-state index contributed by atoms with van der Waals surface area (Å²) in [5, 5.41) is 3.09. The van der Waals surface area contributed by atoms with Crippen molar-refractivity contribution in [2.24, 2.45) is 11.1 Å². The lowest BCUT2D eigenvalue weighted by atomic mass is 9.84. The van der Waals surface area contributed by atoms with E-state index in [2.05, 4.69) is 31.0 Å². The van der Waals surface area contributed by atoms with E-state index in [1.165, 1.54) is 0 Å². The minimum atomic E-state index is -0.576. The van der Waals surface area contributed by atoms with Gasteiger partial charge in [-0.15, -0.1) is 0 Å². The van der Waals surface area contributed by atoms with Crippen LogP contribution in [-0.4, -0.2) is 55.7 Å². The van der Waals surface area contributed by atoms with E-state index < -0.39 is 5.41 Å². The lowest BCUT2D eigenvalue weighted by Gasteiger charge is -2.28. The molecule has 3 atom stereocenters. The first-order chi connectivity index (χ1) is 9.43. The van der Waals surface area contributed by atoms with Crippen molar-refractivity contribution in [1.29, 1.82) is 0 Å². The largest absolute Gasteiger partial charge is 0.379 e. The van der Waals surface area contributed by atoms with Gasteiger partial charge in [0.2, 0.25) is 5.91 Å². The summed E-state index contributed by atoms with van der Waals surface area (Å²) in [4.78, 5) is 14.7. The molecule has 0 aromatic rings. The minimum absolute atomic E-state index is 0.0258. The number of amides is 1. The summed E-state index contributed by atoms with van der Waals surface area (Å²) in [7, 11) is 0. The Hall–Kier alpha value is -0.650. The second-order valence-electron chi connectivity index (χ2n) is 6.08. The average molecular weight is 285 g/mol. The molecule has 1 amide bonds.